The highest BCUT2D eigenvalue weighted by molar-refractivity contribution is 5.89. The Kier molecular flexibility index (Phi) is 5.43. The van der Waals surface area contributed by atoms with Crippen molar-refractivity contribution >= 4 is 17.4 Å². The summed E-state index contributed by atoms with van der Waals surface area (Å²) in [4.78, 5) is 16.7. The van der Waals surface area contributed by atoms with Crippen molar-refractivity contribution in [1.82, 2.24) is 4.90 Å². The van der Waals surface area contributed by atoms with E-state index in [-0.39, 0.29) is 6.03 Å². The molecule has 5 nitrogen and oxygen atoms in total. The van der Waals surface area contributed by atoms with Gasteiger partial charge in [0.25, 0.3) is 0 Å². The highest BCUT2D eigenvalue weighted by Crippen LogP contribution is 2.27. The molecule has 0 unspecified atom stereocenters. The molecule has 26 heavy (non-hydrogen) atoms. The molecule has 2 aromatic rings. The molecule has 1 N–H and O–H groups in total. The second kappa shape index (κ2) is 7.92. The summed E-state index contributed by atoms with van der Waals surface area (Å²) in [6.45, 7) is 7.34. The lowest BCUT2D eigenvalue weighted by atomic mass is 10.0. The van der Waals surface area contributed by atoms with E-state index in [0.29, 0.717) is 24.3 Å². The van der Waals surface area contributed by atoms with Crippen LogP contribution >= 0.6 is 0 Å². The lowest BCUT2D eigenvalue weighted by Gasteiger charge is -2.37. The Labute approximate surface area is 154 Å². The SMILES string of the molecule is CCc1cccc(C)c1N1CCN(C(=O)Nc2cccc(C#N)c2)CC1. The largest absolute Gasteiger partial charge is 0.368 e. The fourth-order valence-corrected chi connectivity index (χ4v) is 3.46. The smallest absolute Gasteiger partial charge is 0.321 e. The molecule has 1 aliphatic rings. The Hall–Kier alpha value is -3.00. The van der Waals surface area contributed by atoms with E-state index >= 15 is 0 Å². The van der Waals surface area contributed by atoms with E-state index < -0.39 is 0 Å². The van der Waals surface area contributed by atoms with Crippen LogP contribution < -0.4 is 10.2 Å². The maximum atomic E-state index is 12.5. The first-order valence-electron chi connectivity index (χ1n) is 9.02. The number of para-hydroxylation sites is 1. The number of carbonyl (C=O) groups is 1. The Morgan fingerprint density at radius 1 is 1.15 bits per heavy atom. The van der Waals surface area contributed by atoms with Gasteiger partial charge in [-0.2, -0.15) is 5.26 Å². The number of nitrogens with zero attached hydrogens (tertiary/aromatic N) is 3. The van der Waals surface area contributed by atoms with Gasteiger partial charge in [0.15, 0.2) is 0 Å². The van der Waals surface area contributed by atoms with Crippen molar-refractivity contribution in [1.29, 1.82) is 5.26 Å². The topological polar surface area (TPSA) is 59.4 Å². The number of nitrogens with one attached hydrogen (secondary N) is 1. The van der Waals surface area contributed by atoms with Crippen LogP contribution in [0.5, 0.6) is 0 Å². The second-order valence-corrected chi connectivity index (χ2v) is 6.53. The molecule has 0 radical (unpaired) electrons. The Morgan fingerprint density at radius 2 is 1.88 bits per heavy atom. The highest BCUT2D eigenvalue weighted by atomic mass is 16.2. The molecule has 0 spiro atoms. The average molecular weight is 348 g/mol. The van der Waals surface area contributed by atoms with Gasteiger partial charge in [0.05, 0.1) is 11.6 Å². The number of urea groups is 1. The Bertz CT molecular complexity index is 832. The molecule has 2 aromatic carbocycles. The van der Waals surface area contributed by atoms with E-state index in [1.165, 1.54) is 16.8 Å². The van der Waals surface area contributed by atoms with E-state index in [1.54, 1.807) is 24.3 Å². The summed E-state index contributed by atoms with van der Waals surface area (Å²) in [5, 5.41) is 11.9. The number of hydrogen-bond acceptors (Lipinski definition) is 3. The third-order valence-corrected chi connectivity index (χ3v) is 4.83. The normalized spacial score (nSPS) is 14.0. The summed E-state index contributed by atoms with van der Waals surface area (Å²) in [6.07, 6.45) is 1.01. The van der Waals surface area contributed by atoms with Crippen molar-refractivity contribution in [2.75, 3.05) is 36.4 Å². The van der Waals surface area contributed by atoms with Gasteiger partial charge in [-0.1, -0.05) is 31.2 Å². The molecule has 0 atom stereocenters. The van der Waals surface area contributed by atoms with Crippen molar-refractivity contribution < 1.29 is 4.79 Å². The van der Waals surface area contributed by atoms with E-state index in [9.17, 15) is 4.79 Å². The highest BCUT2D eigenvalue weighted by Gasteiger charge is 2.23. The average Bonchev–Trinajstić information content (AvgIpc) is 2.68. The van der Waals surface area contributed by atoms with Gasteiger partial charge in [-0.25, -0.2) is 4.79 Å². The van der Waals surface area contributed by atoms with Crippen LogP contribution in [0.3, 0.4) is 0 Å². The summed E-state index contributed by atoms with van der Waals surface area (Å²) >= 11 is 0. The summed E-state index contributed by atoms with van der Waals surface area (Å²) < 4.78 is 0. The summed E-state index contributed by atoms with van der Waals surface area (Å²) in [7, 11) is 0. The molecule has 134 valence electrons. The van der Waals surface area contributed by atoms with Crippen LogP contribution in [-0.4, -0.2) is 37.1 Å². The Morgan fingerprint density at radius 3 is 2.58 bits per heavy atom. The molecule has 0 aromatic heterocycles. The first-order valence-corrected chi connectivity index (χ1v) is 9.02. The predicted octanol–water partition coefficient (Wildman–Crippen LogP) is 3.78. The van der Waals surface area contributed by atoms with Gasteiger partial charge in [0, 0.05) is 37.6 Å². The van der Waals surface area contributed by atoms with Crippen molar-refractivity contribution in [2.24, 2.45) is 0 Å². The zero-order valence-electron chi connectivity index (χ0n) is 15.3. The summed E-state index contributed by atoms with van der Waals surface area (Å²) in [5.74, 6) is 0. The van der Waals surface area contributed by atoms with Crippen molar-refractivity contribution in [3.8, 4) is 6.07 Å². The van der Waals surface area contributed by atoms with Gasteiger partial charge >= 0.3 is 6.03 Å². The van der Waals surface area contributed by atoms with Gasteiger partial charge in [-0.3, -0.25) is 0 Å². The van der Waals surface area contributed by atoms with Crippen molar-refractivity contribution in [3.05, 3.63) is 59.2 Å². The first-order chi connectivity index (χ1) is 12.6. The number of carbonyl (C=O) groups excluding carboxylic acids is 1. The maximum Gasteiger partial charge on any atom is 0.321 e. The van der Waals surface area contributed by atoms with Crippen LogP contribution in [-0.2, 0) is 6.42 Å². The van der Waals surface area contributed by atoms with E-state index in [1.807, 2.05) is 4.90 Å². The van der Waals surface area contributed by atoms with E-state index in [4.69, 9.17) is 5.26 Å². The van der Waals surface area contributed by atoms with Crippen LogP contribution in [0.1, 0.15) is 23.6 Å². The molecule has 5 heteroatoms. The standard InChI is InChI=1S/C21H24N4O/c1-3-18-8-4-6-16(2)20(18)24-10-12-25(13-11-24)21(26)23-19-9-5-7-17(14-19)15-22/h4-9,14H,3,10-13H2,1-2H3,(H,23,26). The van der Waals surface area contributed by atoms with Gasteiger partial charge in [0.2, 0.25) is 0 Å². The first kappa shape index (κ1) is 17.8. The number of hydrogen-bond donors (Lipinski definition) is 1. The second-order valence-electron chi connectivity index (χ2n) is 6.53. The quantitative estimate of drug-likeness (QED) is 0.918. The lowest BCUT2D eigenvalue weighted by molar-refractivity contribution is 0.208. The number of aryl methyl sites for hydroxylation is 2. The monoisotopic (exact) mass is 348 g/mol. The van der Waals surface area contributed by atoms with E-state index in [0.717, 1.165) is 19.5 Å². The molecular formula is C21H24N4O. The summed E-state index contributed by atoms with van der Waals surface area (Å²) in [6, 6.07) is 15.4. The van der Waals surface area contributed by atoms with Crippen LogP contribution in [0.25, 0.3) is 0 Å². The van der Waals surface area contributed by atoms with Crippen LogP contribution in [0.15, 0.2) is 42.5 Å². The molecule has 3 rings (SSSR count). The third-order valence-electron chi connectivity index (χ3n) is 4.83. The van der Waals surface area contributed by atoms with Gasteiger partial charge < -0.3 is 15.1 Å². The zero-order chi connectivity index (χ0) is 18.5. The molecule has 1 aliphatic heterocycles. The predicted molar refractivity (Wildman–Crippen MR) is 105 cm³/mol. The number of benzene rings is 2. The van der Waals surface area contributed by atoms with Gasteiger partial charge in [0.1, 0.15) is 0 Å². The molecular weight excluding hydrogens is 324 g/mol. The molecule has 0 saturated carbocycles. The van der Waals surface area contributed by atoms with Gasteiger partial charge in [-0.15, -0.1) is 0 Å². The Balaban J connectivity index is 1.63. The number of anilines is 2. The summed E-state index contributed by atoms with van der Waals surface area (Å²) in [5.41, 5.74) is 5.16. The minimum atomic E-state index is -0.111. The van der Waals surface area contributed by atoms with Crippen LogP contribution in [0.4, 0.5) is 16.2 Å². The lowest BCUT2D eigenvalue weighted by Crippen LogP contribution is -2.50. The van der Waals surface area contributed by atoms with Crippen molar-refractivity contribution in [2.45, 2.75) is 20.3 Å². The zero-order valence-corrected chi connectivity index (χ0v) is 15.3. The molecule has 2 amide bonds. The number of piperazine rings is 1. The van der Waals surface area contributed by atoms with Crippen molar-refractivity contribution in [3.63, 3.8) is 0 Å². The molecule has 1 saturated heterocycles. The van der Waals surface area contributed by atoms with E-state index in [2.05, 4.69) is 48.3 Å². The maximum absolute atomic E-state index is 12.5. The number of amides is 2. The fraction of sp³-hybridized carbons (Fsp3) is 0.333. The number of nitriles is 1. The van der Waals surface area contributed by atoms with Crippen LogP contribution in [0.2, 0.25) is 0 Å². The molecule has 0 bridgehead atoms. The minimum absolute atomic E-state index is 0.111. The number of rotatable bonds is 3. The molecule has 0 aliphatic carbocycles. The van der Waals surface area contributed by atoms with Gasteiger partial charge in [-0.05, 0) is 42.7 Å². The molecule has 1 fully saturated rings. The minimum Gasteiger partial charge on any atom is -0.368 e. The third kappa shape index (κ3) is 3.80. The molecule has 1 heterocycles. The van der Waals surface area contributed by atoms with Crippen LogP contribution in [0, 0.1) is 18.3 Å². The fourth-order valence-electron chi connectivity index (χ4n) is 3.46.